The van der Waals surface area contributed by atoms with Gasteiger partial charge in [0.2, 0.25) is 0 Å². The molecule has 1 aromatic carbocycles. The number of likely N-dealkylation sites (tertiary alicyclic amines) is 1. The van der Waals surface area contributed by atoms with E-state index in [2.05, 4.69) is 55.0 Å². The summed E-state index contributed by atoms with van der Waals surface area (Å²) in [6.07, 6.45) is 3.97. The molecule has 2 aliphatic rings. The van der Waals surface area contributed by atoms with Gasteiger partial charge < -0.3 is 5.73 Å². The molecule has 1 heterocycles. The van der Waals surface area contributed by atoms with Crippen molar-refractivity contribution < 1.29 is 0 Å². The fourth-order valence-electron chi connectivity index (χ4n) is 3.11. The lowest BCUT2D eigenvalue weighted by Crippen LogP contribution is -2.29. The van der Waals surface area contributed by atoms with E-state index in [0.717, 1.165) is 21.5 Å². The summed E-state index contributed by atoms with van der Waals surface area (Å²) in [5.74, 6) is 0.610. The molecule has 2 N–H and O–H groups in total. The molecule has 1 saturated carbocycles. The largest absolute Gasteiger partial charge is 0.330 e. The van der Waals surface area contributed by atoms with Crippen LogP contribution in [0.5, 0.6) is 0 Å². The summed E-state index contributed by atoms with van der Waals surface area (Å²) < 4.78 is 2.25. The Morgan fingerprint density at radius 2 is 1.94 bits per heavy atom. The Balaban J connectivity index is 1.92. The van der Waals surface area contributed by atoms with Gasteiger partial charge in [-0.2, -0.15) is 0 Å². The Bertz CT molecular complexity index is 445. The Morgan fingerprint density at radius 3 is 2.56 bits per heavy atom. The monoisotopic (exact) mass is 372 g/mol. The van der Waals surface area contributed by atoms with Crippen molar-refractivity contribution in [3.8, 4) is 0 Å². The van der Waals surface area contributed by atoms with Crippen LogP contribution in [0.4, 0.5) is 0 Å². The summed E-state index contributed by atoms with van der Waals surface area (Å²) in [6.45, 7) is 2.01. The highest BCUT2D eigenvalue weighted by Gasteiger charge is 2.42. The van der Waals surface area contributed by atoms with Gasteiger partial charge in [0.1, 0.15) is 0 Å². The van der Waals surface area contributed by atoms with E-state index in [1.165, 1.54) is 31.4 Å². The molecule has 0 aromatic heterocycles. The van der Waals surface area contributed by atoms with E-state index in [-0.39, 0.29) is 0 Å². The van der Waals surface area contributed by atoms with Crippen LogP contribution >= 0.6 is 31.9 Å². The number of nitrogens with two attached hydrogens (primary N) is 1. The second kappa shape index (κ2) is 5.23. The van der Waals surface area contributed by atoms with Crippen molar-refractivity contribution in [2.75, 3.05) is 13.1 Å². The van der Waals surface area contributed by atoms with Crippen LogP contribution < -0.4 is 5.73 Å². The summed E-state index contributed by atoms with van der Waals surface area (Å²) in [4.78, 5) is 2.67. The average Bonchev–Trinajstić information content (AvgIpc) is 3.12. The lowest BCUT2D eigenvalue weighted by Gasteiger charge is -2.28. The van der Waals surface area contributed by atoms with Gasteiger partial charge in [-0.05, 0) is 87.8 Å². The lowest BCUT2D eigenvalue weighted by molar-refractivity contribution is 0.220. The van der Waals surface area contributed by atoms with Crippen LogP contribution in [-0.2, 0) is 0 Å². The third-order valence-electron chi connectivity index (χ3n) is 4.17. The number of nitrogens with zero attached hydrogens (tertiary/aromatic N) is 1. The fourth-order valence-corrected chi connectivity index (χ4v) is 3.75. The third-order valence-corrected chi connectivity index (χ3v) is 6.05. The number of benzene rings is 1. The molecular weight excluding hydrogens is 356 g/mol. The maximum absolute atomic E-state index is 5.96. The quantitative estimate of drug-likeness (QED) is 0.875. The summed E-state index contributed by atoms with van der Waals surface area (Å²) in [5.41, 5.74) is 7.37. The van der Waals surface area contributed by atoms with Crippen molar-refractivity contribution in [2.45, 2.75) is 31.3 Å². The van der Waals surface area contributed by atoms with Crippen molar-refractivity contribution in [3.63, 3.8) is 0 Å². The van der Waals surface area contributed by atoms with Gasteiger partial charge in [-0.3, -0.25) is 4.90 Å². The number of hydrogen-bond acceptors (Lipinski definition) is 2. The van der Waals surface area contributed by atoms with Crippen molar-refractivity contribution in [3.05, 3.63) is 32.7 Å². The van der Waals surface area contributed by atoms with E-state index < -0.39 is 0 Å². The first-order chi connectivity index (χ1) is 8.70. The van der Waals surface area contributed by atoms with Crippen LogP contribution in [0.1, 0.15) is 30.9 Å². The molecule has 2 fully saturated rings. The molecule has 18 heavy (non-hydrogen) atoms. The Kier molecular flexibility index (Phi) is 3.81. The molecule has 1 aliphatic heterocycles. The summed E-state index contributed by atoms with van der Waals surface area (Å²) >= 11 is 7.15. The molecule has 0 amide bonds. The first-order valence-electron chi connectivity index (χ1n) is 6.61. The van der Waals surface area contributed by atoms with Gasteiger partial charge in [-0.15, -0.1) is 0 Å². The minimum Gasteiger partial charge on any atom is -0.330 e. The second-order valence-electron chi connectivity index (χ2n) is 5.37. The molecule has 2 unspecified atom stereocenters. The van der Waals surface area contributed by atoms with Crippen LogP contribution in [0.25, 0.3) is 0 Å². The van der Waals surface area contributed by atoms with E-state index in [9.17, 15) is 0 Å². The van der Waals surface area contributed by atoms with Crippen molar-refractivity contribution in [1.82, 2.24) is 4.90 Å². The Labute approximate surface area is 125 Å². The van der Waals surface area contributed by atoms with Gasteiger partial charge >= 0.3 is 0 Å². The molecule has 4 heteroatoms. The first kappa shape index (κ1) is 13.1. The molecule has 0 spiro atoms. The molecule has 1 aromatic rings. The van der Waals surface area contributed by atoms with E-state index in [1.807, 2.05) is 0 Å². The van der Waals surface area contributed by atoms with Gasteiger partial charge in [0.15, 0.2) is 0 Å². The smallest absolute Gasteiger partial charge is 0.0392 e. The summed E-state index contributed by atoms with van der Waals surface area (Å²) in [7, 11) is 0. The van der Waals surface area contributed by atoms with Crippen LogP contribution in [0.3, 0.4) is 0 Å². The minimum absolute atomic E-state index is 0.520. The molecule has 3 rings (SSSR count). The zero-order chi connectivity index (χ0) is 12.7. The first-order valence-corrected chi connectivity index (χ1v) is 8.20. The van der Waals surface area contributed by atoms with Crippen LogP contribution in [0.2, 0.25) is 0 Å². The zero-order valence-corrected chi connectivity index (χ0v) is 13.5. The van der Waals surface area contributed by atoms with Gasteiger partial charge in [0.05, 0.1) is 0 Å². The standard InChI is InChI=1S/C14H18Br2N2/c15-12-4-1-9(7-13(12)16)14-10(8-17)5-6-18(14)11-2-3-11/h1,4,7,10-11,14H,2-3,5-6,8,17H2. The van der Waals surface area contributed by atoms with E-state index in [4.69, 9.17) is 5.73 Å². The highest BCUT2D eigenvalue weighted by Crippen LogP contribution is 2.44. The van der Waals surface area contributed by atoms with Crippen molar-refractivity contribution >= 4 is 31.9 Å². The predicted octanol–water partition coefficient (Wildman–Crippen LogP) is 3.70. The molecule has 0 radical (unpaired) electrons. The number of halogens is 2. The van der Waals surface area contributed by atoms with Crippen molar-refractivity contribution in [2.24, 2.45) is 11.7 Å². The van der Waals surface area contributed by atoms with Crippen molar-refractivity contribution in [1.29, 1.82) is 0 Å². The Hall–Kier alpha value is 0.1000. The summed E-state index contributed by atoms with van der Waals surface area (Å²) in [6, 6.07) is 7.96. The second-order valence-corrected chi connectivity index (χ2v) is 7.08. The minimum atomic E-state index is 0.520. The fraction of sp³-hybridized carbons (Fsp3) is 0.571. The Morgan fingerprint density at radius 1 is 1.17 bits per heavy atom. The number of rotatable bonds is 3. The van der Waals surface area contributed by atoms with Gasteiger partial charge in [0.25, 0.3) is 0 Å². The maximum Gasteiger partial charge on any atom is 0.0392 e. The third kappa shape index (κ3) is 2.40. The lowest BCUT2D eigenvalue weighted by atomic mass is 9.94. The highest BCUT2D eigenvalue weighted by molar-refractivity contribution is 9.13. The molecule has 0 bridgehead atoms. The molecule has 1 aliphatic carbocycles. The zero-order valence-electron chi connectivity index (χ0n) is 10.3. The average molecular weight is 374 g/mol. The van der Waals surface area contributed by atoms with E-state index in [1.54, 1.807) is 0 Å². The van der Waals surface area contributed by atoms with Gasteiger partial charge in [-0.1, -0.05) is 6.07 Å². The summed E-state index contributed by atoms with van der Waals surface area (Å²) in [5, 5.41) is 0. The molecule has 1 saturated heterocycles. The topological polar surface area (TPSA) is 29.3 Å². The van der Waals surface area contributed by atoms with Gasteiger partial charge in [0, 0.05) is 21.0 Å². The number of hydrogen-bond donors (Lipinski definition) is 1. The van der Waals surface area contributed by atoms with Crippen LogP contribution in [0, 0.1) is 5.92 Å². The maximum atomic E-state index is 5.96. The molecule has 98 valence electrons. The predicted molar refractivity (Wildman–Crippen MR) is 81.5 cm³/mol. The van der Waals surface area contributed by atoms with Gasteiger partial charge in [-0.25, -0.2) is 0 Å². The van der Waals surface area contributed by atoms with E-state index in [0.29, 0.717) is 12.0 Å². The van der Waals surface area contributed by atoms with E-state index >= 15 is 0 Å². The molecule has 2 nitrogen and oxygen atoms in total. The SMILES string of the molecule is NCC1CCN(C2CC2)C1c1ccc(Br)c(Br)c1. The van der Waals surface area contributed by atoms with Crippen LogP contribution in [0.15, 0.2) is 27.1 Å². The molecular formula is C14H18Br2N2. The molecule has 2 atom stereocenters. The normalized spacial score (nSPS) is 28.8. The highest BCUT2D eigenvalue weighted by atomic mass is 79.9. The van der Waals surface area contributed by atoms with Crippen LogP contribution in [-0.4, -0.2) is 24.0 Å².